The molecule has 0 atom stereocenters. The van der Waals surface area contributed by atoms with Crippen LogP contribution in [0.15, 0.2) is 36.7 Å². The van der Waals surface area contributed by atoms with E-state index in [0.29, 0.717) is 0 Å². The molecule has 15 heavy (non-hydrogen) atoms. The maximum absolute atomic E-state index is 4.48. The fourth-order valence-corrected chi connectivity index (χ4v) is 1.66. The number of aromatic nitrogens is 4. The summed E-state index contributed by atoms with van der Waals surface area (Å²) in [6, 6.07) is 7.97. The van der Waals surface area contributed by atoms with Gasteiger partial charge in [0.2, 0.25) is 5.95 Å². The molecule has 0 radical (unpaired) electrons. The molecule has 0 aliphatic heterocycles. The summed E-state index contributed by atoms with van der Waals surface area (Å²) in [5.74, 6) is 1.74. The standard InChI is InChI=1S/C11H10N4/c1-8-12-6-7-15(8)11-13-9-4-2-3-5-10(9)14-11/h2-7H,1H3,(H,13,14). The Morgan fingerprint density at radius 1 is 1.27 bits per heavy atom. The van der Waals surface area contributed by atoms with Crippen molar-refractivity contribution < 1.29 is 0 Å². The maximum atomic E-state index is 4.48. The Hall–Kier alpha value is -2.10. The summed E-state index contributed by atoms with van der Waals surface area (Å²) in [5, 5.41) is 0. The van der Waals surface area contributed by atoms with Crippen molar-refractivity contribution in [3.8, 4) is 5.95 Å². The number of benzene rings is 1. The van der Waals surface area contributed by atoms with Gasteiger partial charge in [-0.2, -0.15) is 0 Å². The van der Waals surface area contributed by atoms with Crippen molar-refractivity contribution in [2.45, 2.75) is 6.92 Å². The summed E-state index contributed by atoms with van der Waals surface area (Å²) in [4.78, 5) is 11.9. The van der Waals surface area contributed by atoms with E-state index in [1.165, 1.54) is 0 Å². The topological polar surface area (TPSA) is 46.5 Å². The molecule has 3 aromatic rings. The molecule has 0 saturated heterocycles. The van der Waals surface area contributed by atoms with Gasteiger partial charge in [-0.05, 0) is 19.1 Å². The zero-order chi connectivity index (χ0) is 10.3. The van der Waals surface area contributed by atoms with Crippen molar-refractivity contribution >= 4 is 11.0 Å². The number of aromatic amines is 1. The average Bonchev–Trinajstić information content (AvgIpc) is 2.82. The number of hydrogen-bond acceptors (Lipinski definition) is 2. The minimum Gasteiger partial charge on any atom is -0.323 e. The molecule has 1 aromatic carbocycles. The Morgan fingerprint density at radius 2 is 2.13 bits per heavy atom. The van der Waals surface area contributed by atoms with Crippen LogP contribution in [0.25, 0.3) is 17.0 Å². The molecule has 0 aliphatic rings. The third kappa shape index (κ3) is 1.22. The van der Waals surface area contributed by atoms with Crippen molar-refractivity contribution in [1.29, 1.82) is 0 Å². The third-order valence-corrected chi connectivity index (χ3v) is 2.43. The number of rotatable bonds is 1. The van der Waals surface area contributed by atoms with Crippen LogP contribution in [-0.2, 0) is 0 Å². The van der Waals surface area contributed by atoms with Gasteiger partial charge in [0, 0.05) is 12.4 Å². The number of imidazole rings is 2. The highest BCUT2D eigenvalue weighted by Gasteiger charge is 2.05. The maximum Gasteiger partial charge on any atom is 0.213 e. The van der Waals surface area contributed by atoms with E-state index in [2.05, 4.69) is 15.0 Å². The molecule has 0 aliphatic carbocycles. The van der Waals surface area contributed by atoms with Crippen LogP contribution in [0.1, 0.15) is 5.82 Å². The zero-order valence-corrected chi connectivity index (χ0v) is 8.31. The lowest BCUT2D eigenvalue weighted by Gasteiger charge is -1.97. The van der Waals surface area contributed by atoms with Crippen molar-refractivity contribution in [2.24, 2.45) is 0 Å². The van der Waals surface area contributed by atoms with E-state index in [-0.39, 0.29) is 0 Å². The SMILES string of the molecule is Cc1nccn1-c1nc2ccccc2[nH]1. The summed E-state index contributed by atoms with van der Waals surface area (Å²) in [5.41, 5.74) is 2.02. The molecule has 4 nitrogen and oxygen atoms in total. The molecule has 0 amide bonds. The summed E-state index contributed by atoms with van der Waals surface area (Å²) in [7, 11) is 0. The zero-order valence-electron chi connectivity index (χ0n) is 8.31. The fourth-order valence-electron chi connectivity index (χ4n) is 1.66. The van der Waals surface area contributed by atoms with Crippen LogP contribution in [-0.4, -0.2) is 19.5 Å². The monoisotopic (exact) mass is 198 g/mol. The molecule has 0 bridgehead atoms. The van der Waals surface area contributed by atoms with Crippen LogP contribution < -0.4 is 0 Å². The van der Waals surface area contributed by atoms with Gasteiger partial charge in [-0.1, -0.05) is 12.1 Å². The van der Waals surface area contributed by atoms with Crippen molar-refractivity contribution in [1.82, 2.24) is 19.5 Å². The summed E-state index contributed by atoms with van der Waals surface area (Å²) in [6.45, 7) is 1.95. The van der Waals surface area contributed by atoms with E-state index in [9.17, 15) is 0 Å². The molecule has 0 unspecified atom stereocenters. The molecule has 74 valence electrons. The number of aryl methyl sites for hydroxylation is 1. The van der Waals surface area contributed by atoms with Gasteiger partial charge in [0.25, 0.3) is 0 Å². The molecule has 2 aromatic heterocycles. The number of nitrogens with one attached hydrogen (secondary N) is 1. The van der Waals surface area contributed by atoms with E-state index < -0.39 is 0 Å². The first-order valence-electron chi connectivity index (χ1n) is 4.80. The quantitative estimate of drug-likeness (QED) is 0.650. The number of hydrogen-bond donors (Lipinski definition) is 1. The van der Waals surface area contributed by atoms with Crippen molar-refractivity contribution in [2.75, 3.05) is 0 Å². The lowest BCUT2D eigenvalue weighted by Crippen LogP contribution is -1.97. The van der Waals surface area contributed by atoms with Gasteiger partial charge in [-0.3, -0.25) is 4.57 Å². The number of H-pyrrole nitrogens is 1. The van der Waals surface area contributed by atoms with Gasteiger partial charge < -0.3 is 4.98 Å². The van der Waals surface area contributed by atoms with Gasteiger partial charge >= 0.3 is 0 Å². The minimum absolute atomic E-state index is 0.811. The van der Waals surface area contributed by atoms with Crippen LogP contribution in [0.2, 0.25) is 0 Å². The van der Waals surface area contributed by atoms with Crippen LogP contribution in [0.4, 0.5) is 0 Å². The molecule has 1 N–H and O–H groups in total. The molecule has 0 saturated carbocycles. The van der Waals surface area contributed by atoms with E-state index in [4.69, 9.17) is 0 Å². The summed E-state index contributed by atoms with van der Waals surface area (Å²) < 4.78 is 1.93. The van der Waals surface area contributed by atoms with E-state index in [1.54, 1.807) is 6.20 Å². The molecule has 3 rings (SSSR count). The van der Waals surface area contributed by atoms with E-state index in [0.717, 1.165) is 22.8 Å². The van der Waals surface area contributed by atoms with Crippen LogP contribution in [0, 0.1) is 6.92 Å². The van der Waals surface area contributed by atoms with E-state index >= 15 is 0 Å². The fraction of sp³-hybridized carbons (Fsp3) is 0.0909. The number of fused-ring (bicyclic) bond motifs is 1. The lowest BCUT2D eigenvalue weighted by molar-refractivity contribution is 0.912. The number of para-hydroxylation sites is 2. The van der Waals surface area contributed by atoms with Gasteiger partial charge in [-0.25, -0.2) is 9.97 Å². The molecular formula is C11H10N4. The molecular weight excluding hydrogens is 188 g/mol. The second-order valence-electron chi connectivity index (χ2n) is 3.42. The van der Waals surface area contributed by atoms with Crippen LogP contribution in [0.3, 0.4) is 0 Å². The Bertz CT molecular complexity index is 573. The third-order valence-electron chi connectivity index (χ3n) is 2.43. The highest BCUT2D eigenvalue weighted by molar-refractivity contribution is 5.75. The van der Waals surface area contributed by atoms with Crippen molar-refractivity contribution in [3.63, 3.8) is 0 Å². The summed E-state index contributed by atoms with van der Waals surface area (Å²) in [6.07, 6.45) is 3.66. The lowest BCUT2D eigenvalue weighted by atomic mass is 10.3. The van der Waals surface area contributed by atoms with Gasteiger partial charge in [0.1, 0.15) is 5.82 Å². The normalized spacial score (nSPS) is 11.0. The summed E-state index contributed by atoms with van der Waals surface area (Å²) >= 11 is 0. The Labute approximate surface area is 86.6 Å². The Kier molecular flexibility index (Phi) is 1.62. The van der Waals surface area contributed by atoms with Crippen molar-refractivity contribution in [3.05, 3.63) is 42.5 Å². The Morgan fingerprint density at radius 3 is 2.87 bits per heavy atom. The van der Waals surface area contributed by atoms with Gasteiger partial charge in [0.05, 0.1) is 11.0 Å². The molecule has 4 heteroatoms. The largest absolute Gasteiger partial charge is 0.323 e. The first-order valence-corrected chi connectivity index (χ1v) is 4.80. The molecule has 0 spiro atoms. The van der Waals surface area contributed by atoms with Crippen LogP contribution in [0.5, 0.6) is 0 Å². The second kappa shape index (κ2) is 2.95. The first-order chi connectivity index (χ1) is 7.34. The predicted molar refractivity (Wildman–Crippen MR) is 58.0 cm³/mol. The van der Waals surface area contributed by atoms with Gasteiger partial charge in [-0.15, -0.1) is 0 Å². The number of nitrogens with zero attached hydrogens (tertiary/aromatic N) is 3. The first kappa shape index (κ1) is 8.23. The Balaban J connectivity index is 2.24. The average molecular weight is 198 g/mol. The highest BCUT2D eigenvalue weighted by Crippen LogP contribution is 2.13. The van der Waals surface area contributed by atoms with Gasteiger partial charge in [0.15, 0.2) is 0 Å². The minimum atomic E-state index is 0.811. The smallest absolute Gasteiger partial charge is 0.213 e. The highest BCUT2D eigenvalue weighted by atomic mass is 15.2. The molecule has 0 fully saturated rings. The van der Waals surface area contributed by atoms with Crippen LogP contribution >= 0.6 is 0 Å². The second-order valence-corrected chi connectivity index (χ2v) is 3.42. The van der Waals surface area contributed by atoms with E-state index in [1.807, 2.05) is 42.0 Å². The predicted octanol–water partition coefficient (Wildman–Crippen LogP) is 2.06. The molecule has 2 heterocycles.